The molecule has 0 N–H and O–H groups in total. The van der Waals surface area contributed by atoms with Crippen LogP contribution in [-0.4, -0.2) is 37.2 Å². The first kappa shape index (κ1) is 62.3. The number of hydrogen-bond donors (Lipinski definition) is 0. The normalized spacial score (nSPS) is 13.3. The van der Waals surface area contributed by atoms with E-state index in [1.54, 1.807) is 0 Å². The minimum Gasteiger partial charge on any atom is -0.462 e. The lowest BCUT2D eigenvalue weighted by atomic mass is 10.1. The third kappa shape index (κ3) is 52.1. The number of carbonyl (C=O) groups excluding carboxylic acids is 3. The van der Waals surface area contributed by atoms with Gasteiger partial charge >= 0.3 is 17.9 Å². The van der Waals surface area contributed by atoms with Gasteiger partial charge in [0, 0.05) is 19.3 Å². The minimum atomic E-state index is -0.827. The van der Waals surface area contributed by atoms with Gasteiger partial charge in [-0.25, -0.2) is 0 Å². The summed E-state index contributed by atoms with van der Waals surface area (Å²) < 4.78 is 16.7. The van der Waals surface area contributed by atoms with Gasteiger partial charge in [-0.2, -0.15) is 0 Å². The molecule has 6 heteroatoms. The van der Waals surface area contributed by atoms with Crippen LogP contribution in [0.1, 0.15) is 201 Å². The van der Waals surface area contributed by atoms with Crippen LogP contribution in [0.3, 0.4) is 0 Å². The van der Waals surface area contributed by atoms with E-state index in [2.05, 4.69) is 167 Å². The van der Waals surface area contributed by atoms with Crippen molar-refractivity contribution < 1.29 is 28.6 Å². The van der Waals surface area contributed by atoms with Crippen molar-refractivity contribution in [3.63, 3.8) is 0 Å². The summed E-state index contributed by atoms with van der Waals surface area (Å²) in [5.74, 6) is -1.03. The Balaban J connectivity index is 4.58. The molecule has 0 heterocycles. The molecule has 6 nitrogen and oxygen atoms in total. The molecule has 0 aliphatic rings. The SMILES string of the molecule is CC/C=C\C/C=C\C/C=C\C/C=C\C/C=C\CCCC(=O)OC[C@H](COC(=O)CCCCCC/C=C\C/C=C\C/C=C\C/C=C\CC)OC(=O)CCCCCCC/C=C\C/C=C\C/C=C\CC. The van der Waals surface area contributed by atoms with E-state index < -0.39 is 6.10 Å². The number of carbonyl (C=O) groups is 3. The first-order chi connectivity index (χ1) is 33.0. The molecule has 0 saturated carbocycles. The summed E-state index contributed by atoms with van der Waals surface area (Å²) in [7, 11) is 0. The lowest BCUT2D eigenvalue weighted by Crippen LogP contribution is -2.30. The van der Waals surface area contributed by atoms with Crippen molar-refractivity contribution in [2.75, 3.05) is 13.2 Å². The highest BCUT2D eigenvalue weighted by atomic mass is 16.6. The molecule has 0 saturated heterocycles. The third-order valence-corrected chi connectivity index (χ3v) is 10.3. The lowest BCUT2D eigenvalue weighted by molar-refractivity contribution is -0.167. The first-order valence-corrected chi connectivity index (χ1v) is 26.3. The Labute approximate surface area is 410 Å². The van der Waals surface area contributed by atoms with Crippen LogP contribution < -0.4 is 0 Å². The molecule has 0 aromatic carbocycles. The Kier molecular flexibility index (Phi) is 50.1. The molecule has 374 valence electrons. The molecule has 0 amide bonds. The van der Waals surface area contributed by atoms with Crippen molar-refractivity contribution in [3.05, 3.63) is 146 Å². The molecule has 0 fully saturated rings. The van der Waals surface area contributed by atoms with Crippen LogP contribution in [0, 0.1) is 0 Å². The van der Waals surface area contributed by atoms with Crippen molar-refractivity contribution in [1.82, 2.24) is 0 Å². The lowest BCUT2D eigenvalue weighted by Gasteiger charge is -2.18. The Morgan fingerprint density at radius 1 is 0.299 bits per heavy atom. The van der Waals surface area contributed by atoms with Crippen LogP contribution in [0.15, 0.2) is 146 Å². The maximum absolute atomic E-state index is 12.8. The van der Waals surface area contributed by atoms with E-state index in [1.165, 1.54) is 0 Å². The summed E-state index contributed by atoms with van der Waals surface area (Å²) in [4.78, 5) is 38.0. The number of unbranched alkanes of at least 4 members (excludes halogenated alkanes) is 10. The summed E-state index contributed by atoms with van der Waals surface area (Å²) in [6, 6.07) is 0. The highest BCUT2D eigenvalue weighted by Crippen LogP contribution is 2.12. The van der Waals surface area contributed by atoms with Gasteiger partial charge in [-0.3, -0.25) is 14.4 Å². The number of hydrogen-bond acceptors (Lipinski definition) is 6. The van der Waals surface area contributed by atoms with Gasteiger partial charge < -0.3 is 14.2 Å². The maximum Gasteiger partial charge on any atom is 0.306 e. The van der Waals surface area contributed by atoms with Gasteiger partial charge in [0.05, 0.1) is 0 Å². The van der Waals surface area contributed by atoms with E-state index in [0.717, 1.165) is 154 Å². The number of allylic oxidation sites excluding steroid dienone is 24. The summed E-state index contributed by atoms with van der Waals surface area (Å²) in [6.07, 6.45) is 76.9. The second-order valence-electron chi connectivity index (χ2n) is 16.6. The number of ether oxygens (including phenoxy) is 3. The molecule has 0 aliphatic heterocycles. The zero-order chi connectivity index (χ0) is 48.6. The van der Waals surface area contributed by atoms with Crippen molar-refractivity contribution in [3.8, 4) is 0 Å². The van der Waals surface area contributed by atoms with Crippen LogP contribution >= 0.6 is 0 Å². The Bertz CT molecular complexity index is 1530. The molecule has 0 unspecified atom stereocenters. The molecule has 0 aliphatic carbocycles. The molecule has 1 atom stereocenters. The fourth-order valence-corrected chi connectivity index (χ4v) is 6.48. The third-order valence-electron chi connectivity index (χ3n) is 10.3. The van der Waals surface area contributed by atoms with Gasteiger partial charge in [0.15, 0.2) is 6.10 Å². The maximum atomic E-state index is 12.8. The predicted molar refractivity (Wildman–Crippen MR) is 288 cm³/mol. The molecule has 0 bridgehead atoms. The average molecular weight is 923 g/mol. The summed E-state index contributed by atoms with van der Waals surface area (Å²) in [6.45, 7) is 6.19. The molecular formula is C61H94O6. The van der Waals surface area contributed by atoms with Crippen LogP contribution in [0.2, 0.25) is 0 Å². The van der Waals surface area contributed by atoms with Crippen LogP contribution in [0.5, 0.6) is 0 Å². The summed E-state index contributed by atoms with van der Waals surface area (Å²) in [5, 5.41) is 0. The minimum absolute atomic E-state index is 0.122. The fourth-order valence-electron chi connectivity index (χ4n) is 6.48. The molecule has 0 rings (SSSR count). The second kappa shape index (κ2) is 53.9. The van der Waals surface area contributed by atoms with E-state index in [-0.39, 0.29) is 44.0 Å². The van der Waals surface area contributed by atoms with Crippen molar-refractivity contribution in [1.29, 1.82) is 0 Å². The molecule has 0 spiro atoms. The van der Waals surface area contributed by atoms with E-state index in [9.17, 15) is 14.4 Å². The predicted octanol–water partition coefficient (Wildman–Crippen LogP) is 17.6. The van der Waals surface area contributed by atoms with E-state index >= 15 is 0 Å². The van der Waals surface area contributed by atoms with Gasteiger partial charge in [0.25, 0.3) is 0 Å². The van der Waals surface area contributed by atoms with Gasteiger partial charge in [-0.05, 0) is 128 Å². The highest BCUT2D eigenvalue weighted by molar-refractivity contribution is 5.71. The smallest absolute Gasteiger partial charge is 0.306 e. The molecule has 0 aromatic rings. The molecular weight excluding hydrogens is 829 g/mol. The zero-order valence-electron chi connectivity index (χ0n) is 42.6. The van der Waals surface area contributed by atoms with Gasteiger partial charge in [0.2, 0.25) is 0 Å². The Hall–Kier alpha value is -4.71. The molecule has 0 aromatic heterocycles. The zero-order valence-corrected chi connectivity index (χ0v) is 42.6. The topological polar surface area (TPSA) is 78.9 Å². The molecule has 67 heavy (non-hydrogen) atoms. The van der Waals surface area contributed by atoms with Gasteiger partial charge in [0.1, 0.15) is 13.2 Å². The standard InChI is InChI=1S/C61H94O6/c1-4-7-10-13-16-19-22-25-28-30-33-35-38-41-44-47-50-53-59(62)65-56-58(67-61(64)55-52-49-46-43-40-37-32-27-24-21-18-15-12-9-6-3)57-66-60(63)54-51-48-45-42-39-36-34-31-29-26-23-20-17-14-11-8-5-2/h7-12,16-21,25-29,32-36,41,44,58H,4-6,13-15,22-24,30-31,37-40,42-43,45-57H2,1-3H3/b10-7-,11-8-,12-9-,19-16-,20-17-,21-18-,28-25-,29-26-,32-27-,35-33-,36-34-,44-41-/t58-/m1/s1. The van der Waals surface area contributed by atoms with Gasteiger partial charge in [-0.1, -0.05) is 199 Å². The first-order valence-electron chi connectivity index (χ1n) is 26.3. The van der Waals surface area contributed by atoms with E-state index in [1.807, 2.05) is 0 Å². The van der Waals surface area contributed by atoms with Crippen LogP contribution in [-0.2, 0) is 28.6 Å². The number of esters is 3. The summed E-state index contributed by atoms with van der Waals surface area (Å²) in [5.41, 5.74) is 0. The second-order valence-corrected chi connectivity index (χ2v) is 16.6. The highest BCUT2D eigenvalue weighted by Gasteiger charge is 2.19. The largest absolute Gasteiger partial charge is 0.462 e. The average Bonchev–Trinajstić information content (AvgIpc) is 3.33. The van der Waals surface area contributed by atoms with Crippen LogP contribution in [0.25, 0.3) is 0 Å². The van der Waals surface area contributed by atoms with Crippen molar-refractivity contribution >= 4 is 17.9 Å². The van der Waals surface area contributed by atoms with Gasteiger partial charge in [-0.15, -0.1) is 0 Å². The Morgan fingerprint density at radius 3 is 0.896 bits per heavy atom. The quantitative estimate of drug-likeness (QED) is 0.0262. The monoisotopic (exact) mass is 923 g/mol. The fraction of sp³-hybridized carbons (Fsp3) is 0.557. The van der Waals surface area contributed by atoms with Crippen molar-refractivity contribution in [2.24, 2.45) is 0 Å². The van der Waals surface area contributed by atoms with E-state index in [0.29, 0.717) is 12.8 Å². The number of rotatable bonds is 45. The Morgan fingerprint density at radius 2 is 0.552 bits per heavy atom. The molecule has 0 radical (unpaired) electrons. The van der Waals surface area contributed by atoms with Crippen molar-refractivity contribution in [2.45, 2.75) is 207 Å². The summed E-state index contributed by atoms with van der Waals surface area (Å²) >= 11 is 0. The van der Waals surface area contributed by atoms with E-state index in [4.69, 9.17) is 14.2 Å². The van der Waals surface area contributed by atoms with Crippen LogP contribution in [0.4, 0.5) is 0 Å².